The van der Waals surface area contributed by atoms with Gasteiger partial charge in [0, 0.05) is 43.1 Å². The van der Waals surface area contributed by atoms with Crippen LogP contribution in [0.3, 0.4) is 0 Å². The number of hydrogen-bond donors (Lipinski definition) is 3. The van der Waals surface area contributed by atoms with Gasteiger partial charge in [-0.05, 0) is 48.6 Å². The van der Waals surface area contributed by atoms with E-state index in [0.717, 1.165) is 17.3 Å². The van der Waals surface area contributed by atoms with Gasteiger partial charge in [0.05, 0.1) is 6.61 Å². The van der Waals surface area contributed by atoms with E-state index in [1.165, 1.54) is 16.7 Å². The smallest absolute Gasteiger partial charge is 0.328 e. The molecule has 0 aromatic heterocycles. The molecule has 1 aliphatic heterocycles. The summed E-state index contributed by atoms with van der Waals surface area (Å²) in [5, 5.41) is 5.29. The van der Waals surface area contributed by atoms with Crippen molar-refractivity contribution in [3.05, 3.63) is 65.0 Å². The zero-order valence-corrected chi connectivity index (χ0v) is 23.5. The predicted octanol–water partition coefficient (Wildman–Crippen LogP) is 3.58. The highest BCUT2D eigenvalue weighted by Gasteiger charge is 2.35. The van der Waals surface area contributed by atoms with Crippen LogP contribution < -0.4 is 16.4 Å². The molecule has 1 heterocycles. The Morgan fingerprint density at radius 2 is 1.77 bits per heavy atom. The lowest BCUT2D eigenvalue weighted by Crippen LogP contribution is -2.46. The summed E-state index contributed by atoms with van der Waals surface area (Å²) in [6, 6.07) is 7.14. The second-order valence-corrected chi connectivity index (χ2v) is 11.1. The van der Waals surface area contributed by atoms with Crippen molar-refractivity contribution >= 4 is 35.2 Å². The molecule has 0 aliphatic carbocycles. The van der Waals surface area contributed by atoms with Crippen LogP contribution in [0, 0.1) is 23.4 Å². The zero-order valence-electron chi connectivity index (χ0n) is 22.7. The summed E-state index contributed by atoms with van der Waals surface area (Å²) >= 11 is 1.32. The number of carbonyl (C=O) groups is 3. The second kappa shape index (κ2) is 14.4. The summed E-state index contributed by atoms with van der Waals surface area (Å²) in [4.78, 5) is 39.4. The van der Waals surface area contributed by atoms with Gasteiger partial charge < -0.3 is 26.0 Å². The van der Waals surface area contributed by atoms with E-state index >= 15 is 0 Å². The molecule has 2 unspecified atom stereocenters. The Hall–Kier alpha value is -3.25. The van der Waals surface area contributed by atoms with E-state index in [1.807, 2.05) is 38.1 Å². The minimum absolute atomic E-state index is 0.0224. The Morgan fingerprint density at radius 1 is 1.10 bits per heavy atom. The molecule has 1 fully saturated rings. The maximum absolute atomic E-state index is 14.0. The molecule has 1 aliphatic rings. The van der Waals surface area contributed by atoms with Crippen molar-refractivity contribution in [1.29, 1.82) is 0 Å². The van der Waals surface area contributed by atoms with Crippen LogP contribution in [-0.4, -0.2) is 59.0 Å². The van der Waals surface area contributed by atoms with Gasteiger partial charge in [0.15, 0.2) is 17.0 Å². The molecule has 12 heteroatoms. The van der Waals surface area contributed by atoms with Gasteiger partial charge in [-0.2, -0.15) is 0 Å². The van der Waals surface area contributed by atoms with Gasteiger partial charge in [0.2, 0.25) is 5.91 Å². The highest BCUT2D eigenvalue weighted by Crippen LogP contribution is 2.25. The van der Waals surface area contributed by atoms with Crippen LogP contribution in [0.2, 0.25) is 0 Å². The SMILES string of the molecule is CCOC(=O)C(Nc1ccc(CNC(=O)C2SCCN2C(=O)C[C@H](N)Cc2cc(F)c(F)cc2F)cc1)C(C)C. The van der Waals surface area contributed by atoms with E-state index in [2.05, 4.69) is 10.6 Å². The second-order valence-electron chi connectivity index (χ2n) is 9.87. The van der Waals surface area contributed by atoms with Crippen molar-refractivity contribution in [2.45, 2.75) is 57.6 Å². The number of carbonyl (C=O) groups excluding carboxylic acids is 3. The largest absolute Gasteiger partial charge is 0.464 e. The molecule has 3 rings (SSSR count). The fraction of sp³-hybridized carbons (Fsp3) is 0.464. The zero-order chi connectivity index (χ0) is 29.4. The number of nitrogens with two attached hydrogens (primary N) is 1. The number of halogens is 3. The summed E-state index contributed by atoms with van der Waals surface area (Å²) in [6.07, 6.45) is -0.338. The van der Waals surface area contributed by atoms with Gasteiger partial charge in [-0.1, -0.05) is 26.0 Å². The van der Waals surface area contributed by atoms with Crippen LogP contribution >= 0.6 is 11.8 Å². The summed E-state index contributed by atoms with van der Waals surface area (Å²) in [5.41, 5.74) is 7.46. The number of anilines is 1. The first-order valence-corrected chi connectivity index (χ1v) is 14.1. The lowest BCUT2D eigenvalue weighted by molar-refractivity contribution is -0.145. The summed E-state index contributed by atoms with van der Waals surface area (Å²) in [7, 11) is 0. The third kappa shape index (κ3) is 8.37. The third-order valence-corrected chi connectivity index (χ3v) is 7.60. The Balaban J connectivity index is 1.52. The fourth-order valence-electron chi connectivity index (χ4n) is 4.26. The van der Waals surface area contributed by atoms with Gasteiger partial charge in [-0.3, -0.25) is 9.59 Å². The maximum Gasteiger partial charge on any atom is 0.328 e. The van der Waals surface area contributed by atoms with Crippen molar-refractivity contribution in [2.24, 2.45) is 11.7 Å². The number of thioether (sulfide) groups is 1. The lowest BCUT2D eigenvalue weighted by Gasteiger charge is -2.24. The summed E-state index contributed by atoms with van der Waals surface area (Å²) in [5.74, 6) is -3.86. The summed E-state index contributed by atoms with van der Waals surface area (Å²) < 4.78 is 45.7. The van der Waals surface area contributed by atoms with Crippen LogP contribution in [0.1, 0.15) is 38.3 Å². The van der Waals surface area contributed by atoms with Crippen molar-refractivity contribution in [3.63, 3.8) is 0 Å². The van der Waals surface area contributed by atoms with Crippen molar-refractivity contribution in [3.8, 4) is 0 Å². The third-order valence-electron chi connectivity index (χ3n) is 6.39. The molecule has 0 saturated carbocycles. The molecule has 40 heavy (non-hydrogen) atoms. The van der Waals surface area contributed by atoms with E-state index in [0.29, 0.717) is 25.0 Å². The fourth-order valence-corrected chi connectivity index (χ4v) is 5.43. The van der Waals surface area contributed by atoms with E-state index in [-0.39, 0.29) is 48.7 Å². The average molecular weight is 581 g/mol. The monoisotopic (exact) mass is 580 g/mol. The molecule has 2 amide bonds. The molecule has 0 spiro atoms. The van der Waals surface area contributed by atoms with Crippen molar-refractivity contribution in [2.75, 3.05) is 24.2 Å². The molecule has 3 atom stereocenters. The normalized spacial score (nSPS) is 16.5. The van der Waals surface area contributed by atoms with Crippen LogP contribution in [0.5, 0.6) is 0 Å². The van der Waals surface area contributed by atoms with E-state index in [1.54, 1.807) is 6.92 Å². The highest BCUT2D eigenvalue weighted by atomic mass is 32.2. The molecular formula is C28H35F3N4O4S. The molecule has 4 N–H and O–H groups in total. The van der Waals surface area contributed by atoms with Crippen molar-refractivity contribution in [1.82, 2.24) is 10.2 Å². The number of nitrogens with zero attached hydrogens (tertiary/aromatic N) is 1. The predicted molar refractivity (Wildman–Crippen MR) is 148 cm³/mol. The van der Waals surface area contributed by atoms with Crippen LogP contribution in [0.15, 0.2) is 36.4 Å². The lowest BCUT2D eigenvalue weighted by atomic mass is 10.0. The van der Waals surface area contributed by atoms with Crippen LogP contribution in [0.4, 0.5) is 18.9 Å². The first-order chi connectivity index (χ1) is 19.0. The number of nitrogens with one attached hydrogen (secondary N) is 2. The number of ether oxygens (including phenoxy) is 1. The number of hydrogen-bond acceptors (Lipinski definition) is 7. The Kier molecular flexibility index (Phi) is 11.3. The van der Waals surface area contributed by atoms with Gasteiger partial charge in [-0.25, -0.2) is 18.0 Å². The minimum Gasteiger partial charge on any atom is -0.464 e. The molecule has 218 valence electrons. The van der Waals surface area contributed by atoms with Crippen LogP contribution in [0.25, 0.3) is 0 Å². The Morgan fingerprint density at radius 3 is 2.42 bits per heavy atom. The maximum atomic E-state index is 14.0. The highest BCUT2D eigenvalue weighted by molar-refractivity contribution is 8.00. The summed E-state index contributed by atoms with van der Waals surface area (Å²) in [6.45, 7) is 6.49. The molecule has 1 saturated heterocycles. The van der Waals surface area contributed by atoms with E-state index in [9.17, 15) is 27.6 Å². The topological polar surface area (TPSA) is 114 Å². The first-order valence-electron chi connectivity index (χ1n) is 13.1. The molecule has 2 aromatic rings. The molecule has 8 nitrogen and oxygen atoms in total. The molecule has 0 bridgehead atoms. The Bertz CT molecular complexity index is 1200. The number of rotatable bonds is 12. The number of benzene rings is 2. The van der Waals surface area contributed by atoms with Crippen LogP contribution in [-0.2, 0) is 32.1 Å². The van der Waals surface area contributed by atoms with Gasteiger partial charge in [-0.15, -0.1) is 11.8 Å². The first kappa shape index (κ1) is 31.3. The number of amides is 2. The Labute approximate surface area is 236 Å². The van der Waals surface area contributed by atoms with E-state index < -0.39 is 34.9 Å². The minimum atomic E-state index is -1.30. The average Bonchev–Trinajstić information content (AvgIpc) is 3.40. The van der Waals surface area contributed by atoms with Gasteiger partial charge in [0.25, 0.3) is 5.91 Å². The molecule has 0 radical (unpaired) electrons. The molecular weight excluding hydrogens is 545 g/mol. The van der Waals surface area contributed by atoms with Gasteiger partial charge in [0.1, 0.15) is 11.9 Å². The van der Waals surface area contributed by atoms with E-state index in [4.69, 9.17) is 10.5 Å². The van der Waals surface area contributed by atoms with Gasteiger partial charge >= 0.3 is 5.97 Å². The molecule has 2 aromatic carbocycles. The quantitative estimate of drug-likeness (QED) is 0.260. The standard InChI is InChI=1S/C28H35F3N4O4S/c1-4-39-28(38)25(16(2)3)34-20-7-5-17(6-8-20)15-33-26(37)27-35(9-10-40-27)24(36)13-19(32)11-18-12-22(30)23(31)14-21(18)29/h5-8,12,14,16,19,25,27,34H,4,9-11,13,15,32H2,1-3H3,(H,33,37)/t19-,25?,27?/m1/s1. The van der Waals surface area contributed by atoms with Crippen molar-refractivity contribution < 1.29 is 32.3 Å². The number of esters is 1.